The summed E-state index contributed by atoms with van der Waals surface area (Å²) in [7, 11) is 1.72. The van der Waals surface area contributed by atoms with Crippen LogP contribution in [0.5, 0.6) is 0 Å². The van der Waals surface area contributed by atoms with Crippen LogP contribution in [0.25, 0.3) is 0 Å². The average Bonchev–Trinajstić information content (AvgIpc) is 2.40. The number of amides is 1. The molecule has 1 amide bonds. The van der Waals surface area contributed by atoms with Crippen LogP contribution < -0.4 is 0 Å². The van der Waals surface area contributed by atoms with Gasteiger partial charge in [-0.05, 0) is 36.2 Å². The maximum absolute atomic E-state index is 13.1. The van der Waals surface area contributed by atoms with Crippen molar-refractivity contribution >= 4 is 5.91 Å². The third-order valence-corrected chi connectivity index (χ3v) is 3.09. The summed E-state index contributed by atoms with van der Waals surface area (Å²) in [5, 5.41) is 0. The van der Waals surface area contributed by atoms with Crippen LogP contribution in [0.3, 0.4) is 0 Å². The number of nitrogens with zero attached hydrogens (tertiary/aromatic N) is 1. The highest BCUT2D eigenvalue weighted by molar-refractivity contribution is 5.94. The third-order valence-electron chi connectivity index (χ3n) is 3.09. The number of benzene rings is 2. The molecule has 0 spiro atoms. The predicted molar refractivity (Wildman–Crippen MR) is 73.4 cm³/mol. The second-order valence-corrected chi connectivity index (χ2v) is 4.60. The van der Waals surface area contributed by atoms with Crippen molar-refractivity contribution in [2.24, 2.45) is 0 Å². The van der Waals surface area contributed by atoms with Crippen molar-refractivity contribution in [3.05, 3.63) is 71.0 Å². The molecule has 19 heavy (non-hydrogen) atoms. The molecule has 0 aliphatic carbocycles. The zero-order valence-corrected chi connectivity index (χ0v) is 11.1. The molecule has 2 rings (SSSR count). The fraction of sp³-hybridized carbons (Fsp3) is 0.188. The first-order valence-electron chi connectivity index (χ1n) is 6.13. The number of hydrogen-bond donors (Lipinski definition) is 0. The van der Waals surface area contributed by atoms with Crippen molar-refractivity contribution in [2.45, 2.75) is 13.5 Å². The van der Waals surface area contributed by atoms with E-state index >= 15 is 0 Å². The van der Waals surface area contributed by atoms with Crippen molar-refractivity contribution in [1.29, 1.82) is 0 Å². The molecule has 2 aromatic rings. The number of hydrogen-bond acceptors (Lipinski definition) is 1. The zero-order chi connectivity index (χ0) is 13.8. The second-order valence-electron chi connectivity index (χ2n) is 4.60. The number of aryl methyl sites for hydroxylation is 1. The minimum absolute atomic E-state index is 0.178. The van der Waals surface area contributed by atoms with Crippen LogP contribution in [-0.4, -0.2) is 17.9 Å². The van der Waals surface area contributed by atoms with Gasteiger partial charge in [0.2, 0.25) is 0 Å². The molecule has 0 bridgehead atoms. The Bertz CT molecular complexity index is 595. The Kier molecular flexibility index (Phi) is 3.95. The molecule has 0 unspecified atom stereocenters. The van der Waals surface area contributed by atoms with Crippen molar-refractivity contribution in [3.8, 4) is 0 Å². The van der Waals surface area contributed by atoms with Gasteiger partial charge in [0.15, 0.2) is 0 Å². The van der Waals surface area contributed by atoms with Crippen LogP contribution in [0.15, 0.2) is 48.5 Å². The van der Waals surface area contributed by atoms with E-state index in [0.29, 0.717) is 12.1 Å². The molecule has 0 aliphatic rings. The monoisotopic (exact) mass is 257 g/mol. The van der Waals surface area contributed by atoms with Gasteiger partial charge in [-0.2, -0.15) is 0 Å². The fourth-order valence-electron chi connectivity index (χ4n) is 1.96. The maximum atomic E-state index is 13.1. The fourth-order valence-corrected chi connectivity index (χ4v) is 1.96. The van der Waals surface area contributed by atoms with Gasteiger partial charge in [0.1, 0.15) is 5.82 Å². The first kappa shape index (κ1) is 13.3. The highest BCUT2D eigenvalue weighted by atomic mass is 19.1. The van der Waals surface area contributed by atoms with Gasteiger partial charge in [-0.25, -0.2) is 4.39 Å². The Balaban J connectivity index is 2.14. The summed E-state index contributed by atoms with van der Waals surface area (Å²) in [6.45, 7) is 2.53. The summed E-state index contributed by atoms with van der Waals surface area (Å²) in [6, 6.07) is 13.7. The zero-order valence-electron chi connectivity index (χ0n) is 11.1. The first-order valence-corrected chi connectivity index (χ1v) is 6.13. The van der Waals surface area contributed by atoms with Gasteiger partial charge >= 0.3 is 0 Å². The van der Waals surface area contributed by atoms with E-state index in [1.54, 1.807) is 24.1 Å². The summed E-state index contributed by atoms with van der Waals surface area (Å²) in [4.78, 5) is 13.8. The SMILES string of the molecule is Cc1ccccc1CN(C)C(=O)c1cccc(F)c1. The molecule has 2 aromatic carbocycles. The molecule has 0 heterocycles. The Morgan fingerprint density at radius 1 is 1.16 bits per heavy atom. The van der Waals surface area contributed by atoms with E-state index in [-0.39, 0.29) is 5.91 Å². The van der Waals surface area contributed by atoms with E-state index in [9.17, 15) is 9.18 Å². The molecule has 0 fully saturated rings. The number of halogens is 1. The molecule has 0 aromatic heterocycles. The summed E-state index contributed by atoms with van der Waals surface area (Å²) in [5.41, 5.74) is 2.60. The topological polar surface area (TPSA) is 20.3 Å². The van der Waals surface area contributed by atoms with E-state index in [0.717, 1.165) is 11.1 Å². The predicted octanol–water partition coefficient (Wildman–Crippen LogP) is 3.41. The van der Waals surface area contributed by atoms with Gasteiger partial charge in [-0.3, -0.25) is 4.79 Å². The second kappa shape index (κ2) is 5.65. The largest absolute Gasteiger partial charge is 0.337 e. The lowest BCUT2D eigenvalue weighted by atomic mass is 10.1. The van der Waals surface area contributed by atoms with Gasteiger partial charge < -0.3 is 4.90 Å². The van der Waals surface area contributed by atoms with Crippen molar-refractivity contribution in [3.63, 3.8) is 0 Å². The molecular weight excluding hydrogens is 241 g/mol. The maximum Gasteiger partial charge on any atom is 0.253 e. The van der Waals surface area contributed by atoms with Crippen molar-refractivity contribution in [1.82, 2.24) is 4.90 Å². The number of rotatable bonds is 3. The molecular formula is C16H16FNO. The minimum Gasteiger partial charge on any atom is -0.337 e. The summed E-state index contributed by atoms with van der Waals surface area (Å²) < 4.78 is 13.1. The Hall–Kier alpha value is -2.16. The van der Waals surface area contributed by atoms with E-state index < -0.39 is 5.82 Å². The summed E-state index contributed by atoms with van der Waals surface area (Å²) in [5.74, 6) is -0.571. The van der Waals surface area contributed by atoms with Crippen LogP contribution in [0.4, 0.5) is 4.39 Å². The average molecular weight is 257 g/mol. The van der Waals surface area contributed by atoms with Gasteiger partial charge in [0.25, 0.3) is 5.91 Å². The van der Waals surface area contributed by atoms with E-state index in [2.05, 4.69) is 0 Å². The van der Waals surface area contributed by atoms with E-state index in [1.807, 2.05) is 31.2 Å². The quantitative estimate of drug-likeness (QED) is 0.825. The molecule has 0 aliphatic heterocycles. The number of carbonyl (C=O) groups is 1. The Morgan fingerprint density at radius 2 is 1.89 bits per heavy atom. The standard InChI is InChI=1S/C16H16FNO/c1-12-6-3-4-7-14(12)11-18(2)16(19)13-8-5-9-15(17)10-13/h3-10H,11H2,1-2H3. The smallest absolute Gasteiger partial charge is 0.253 e. The molecule has 0 N–H and O–H groups in total. The Morgan fingerprint density at radius 3 is 2.58 bits per heavy atom. The lowest BCUT2D eigenvalue weighted by Gasteiger charge is -2.18. The van der Waals surface area contributed by atoms with Crippen LogP contribution in [0.2, 0.25) is 0 Å². The van der Waals surface area contributed by atoms with Crippen LogP contribution in [0.1, 0.15) is 21.5 Å². The molecule has 3 heteroatoms. The molecule has 0 radical (unpaired) electrons. The van der Waals surface area contributed by atoms with Gasteiger partial charge in [0.05, 0.1) is 0 Å². The van der Waals surface area contributed by atoms with Crippen LogP contribution in [0, 0.1) is 12.7 Å². The Labute approximate surface area is 112 Å². The third kappa shape index (κ3) is 3.19. The molecule has 98 valence electrons. The normalized spacial score (nSPS) is 10.3. The lowest BCUT2D eigenvalue weighted by molar-refractivity contribution is 0.0784. The molecule has 0 atom stereocenters. The van der Waals surface area contributed by atoms with Crippen LogP contribution >= 0.6 is 0 Å². The van der Waals surface area contributed by atoms with Gasteiger partial charge in [0, 0.05) is 19.2 Å². The highest BCUT2D eigenvalue weighted by Gasteiger charge is 2.13. The van der Waals surface area contributed by atoms with Crippen LogP contribution in [-0.2, 0) is 6.54 Å². The van der Waals surface area contributed by atoms with Gasteiger partial charge in [-0.15, -0.1) is 0 Å². The highest BCUT2D eigenvalue weighted by Crippen LogP contribution is 2.12. The van der Waals surface area contributed by atoms with Crippen molar-refractivity contribution < 1.29 is 9.18 Å². The van der Waals surface area contributed by atoms with Gasteiger partial charge in [-0.1, -0.05) is 30.3 Å². The minimum atomic E-state index is -0.393. The lowest BCUT2D eigenvalue weighted by Crippen LogP contribution is -2.26. The first-order chi connectivity index (χ1) is 9.08. The van der Waals surface area contributed by atoms with Crippen molar-refractivity contribution in [2.75, 3.05) is 7.05 Å². The molecule has 0 saturated heterocycles. The van der Waals surface area contributed by atoms with E-state index in [1.165, 1.54) is 12.1 Å². The molecule has 2 nitrogen and oxygen atoms in total. The van der Waals surface area contributed by atoms with E-state index in [4.69, 9.17) is 0 Å². The summed E-state index contributed by atoms with van der Waals surface area (Å²) in [6.07, 6.45) is 0. The summed E-state index contributed by atoms with van der Waals surface area (Å²) >= 11 is 0. The number of carbonyl (C=O) groups excluding carboxylic acids is 1. The molecule has 0 saturated carbocycles.